The van der Waals surface area contributed by atoms with E-state index in [4.69, 9.17) is 17.3 Å². The average molecular weight is 309 g/mol. The molecule has 0 amide bonds. The van der Waals surface area contributed by atoms with Gasteiger partial charge in [-0.3, -0.25) is 4.90 Å². The Labute approximate surface area is 134 Å². The van der Waals surface area contributed by atoms with E-state index in [1.807, 2.05) is 12.1 Å². The Bertz CT molecular complexity index is 423. The van der Waals surface area contributed by atoms with Gasteiger partial charge in [0, 0.05) is 23.1 Å². The van der Waals surface area contributed by atoms with E-state index in [0.717, 1.165) is 11.4 Å². The highest BCUT2D eigenvalue weighted by atomic mass is 35.5. The molecular weight excluding hydrogens is 280 g/mol. The van der Waals surface area contributed by atoms with Crippen molar-refractivity contribution in [3.05, 3.63) is 34.9 Å². The number of nitrogens with two attached hydrogens (primary N) is 1. The van der Waals surface area contributed by atoms with Crippen LogP contribution in [0, 0.1) is 0 Å². The molecule has 0 heterocycles. The minimum Gasteiger partial charge on any atom is -0.329 e. The minimum absolute atomic E-state index is 0.0167. The molecule has 1 aliphatic rings. The number of hydrogen-bond acceptors (Lipinski definition) is 2. The first-order chi connectivity index (χ1) is 10.0. The maximum atomic E-state index is 6.16. The van der Waals surface area contributed by atoms with Gasteiger partial charge in [0.05, 0.1) is 0 Å². The molecule has 0 bridgehead atoms. The van der Waals surface area contributed by atoms with E-state index in [2.05, 4.69) is 31.0 Å². The second-order valence-electron chi connectivity index (χ2n) is 6.76. The summed E-state index contributed by atoms with van der Waals surface area (Å²) in [4.78, 5) is 2.55. The highest BCUT2D eigenvalue weighted by Crippen LogP contribution is 2.28. The molecule has 1 fully saturated rings. The number of likely N-dealkylation sites (N-methyl/N-ethyl adjacent to an activating group) is 1. The van der Waals surface area contributed by atoms with Gasteiger partial charge in [-0.25, -0.2) is 0 Å². The summed E-state index contributed by atoms with van der Waals surface area (Å²) in [6.45, 7) is 2.98. The molecule has 0 radical (unpaired) electrons. The lowest BCUT2D eigenvalue weighted by Crippen LogP contribution is -2.55. The zero-order chi connectivity index (χ0) is 15.3. The van der Waals surface area contributed by atoms with Gasteiger partial charge in [0.25, 0.3) is 0 Å². The van der Waals surface area contributed by atoms with E-state index < -0.39 is 0 Å². The lowest BCUT2D eigenvalue weighted by atomic mass is 9.88. The highest BCUT2D eigenvalue weighted by Gasteiger charge is 2.32. The summed E-state index contributed by atoms with van der Waals surface area (Å²) in [6.07, 6.45) is 9.10. The smallest absolute Gasteiger partial charge is 0.0406 e. The molecule has 2 rings (SSSR count). The summed E-state index contributed by atoms with van der Waals surface area (Å²) in [7, 11) is 2.26. The van der Waals surface area contributed by atoms with Crippen molar-refractivity contribution in [3.8, 4) is 0 Å². The third-order valence-corrected chi connectivity index (χ3v) is 5.41. The standard InChI is InChI=1S/C18H29ClN2/c1-18(14-20,13-15-9-11-16(19)12-10-15)21(2)17-7-5-3-4-6-8-17/h9-12,17H,3-8,13-14,20H2,1-2H3. The number of hydrogen-bond donors (Lipinski definition) is 1. The van der Waals surface area contributed by atoms with Crippen molar-refractivity contribution in [2.75, 3.05) is 13.6 Å². The van der Waals surface area contributed by atoms with Crippen molar-refractivity contribution in [2.24, 2.45) is 5.73 Å². The molecule has 21 heavy (non-hydrogen) atoms. The van der Waals surface area contributed by atoms with Crippen LogP contribution in [0.3, 0.4) is 0 Å². The van der Waals surface area contributed by atoms with Crippen LogP contribution >= 0.6 is 11.6 Å². The Balaban J connectivity index is 2.09. The second kappa shape index (κ2) is 7.62. The van der Waals surface area contributed by atoms with Crippen LogP contribution in [-0.4, -0.2) is 30.1 Å². The Hall–Kier alpha value is -0.570. The number of halogens is 1. The lowest BCUT2D eigenvalue weighted by Gasteiger charge is -2.43. The van der Waals surface area contributed by atoms with Crippen LogP contribution < -0.4 is 5.73 Å². The first kappa shape index (κ1) is 16.8. The molecule has 2 N–H and O–H groups in total. The van der Waals surface area contributed by atoms with Gasteiger partial charge >= 0.3 is 0 Å². The van der Waals surface area contributed by atoms with Crippen molar-refractivity contribution in [1.82, 2.24) is 4.90 Å². The first-order valence-electron chi connectivity index (χ1n) is 8.22. The van der Waals surface area contributed by atoms with E-state index in [1.165, 1.54) is 44.1 Å². The Kier molecular flexibility index (Phi) is 6.09. The van der Waals surface area contributed by atoms with E-state index >= 15 is 0 Å². The zero-order valence-corrected chi connectivity index (χ0v) is 14.2. The molecule has 1 saturated carbocycles. The Morgan fingerprint density at radius 1 is 1.14 bits per heavy atom. The fourth-order valence-electron chi connectivity index (χ4n) is 3.47. The van der Waals surface area contributed by atoms with Crippen LogP contribution in [0.15, 0.2) is 24.3 Å². The molecule has 2 nitrogen and oxygen atoms in total. The van der Waals surface area contributed by atoms with Crippen LogP contribution in [0.2, 0.25) is 5.02 Å². The summed E-state index contributed by atoms with van der Waals surface area (Å²) in [6, 6.07) is 8.86. The Morgan fingerprint density at radius 3 is 2.24 bits per heavy atom. The molecule has 1 atom stereocenters. The third-order valence-electron chi connectivity index (χ3n) is 5.16. The molecule has 0 aliphatic heterocycles. The summed E-state index contributed by atoms with van der Waals surface area (Å²) in [5, 5.41) is 0.797. The van der Waals surface area contributed by atoms with Gasteiger partial charge in [-0.1, -0.05) is 49.4 Å². The quantitative estimate of drug-likeness (QED) is 0.824. The fourth-order valence-corrected chi connectivity index (χ4v) is 3.59. The molecule has 118 valence electrons. The average Bonchev–Trinajstić information content (AvgIpc) is 2.78. The summed E-state index contributed by atoms with van der Waals surface area (Å²) in [5.41, 5.74) is 7.49. The van der Waals surface area contributed by atoms with Crippen LogP contribution in [0.5, 0.6) is 0 Å². The van der Waals surface area contributed by atoms with Crippen LogP contribution in [0.4, 0.5) is 0 Å². The van der Waals surface area contributed by atoms with Gasteiger partial charge in [-0.15, -0.1) is 0 Å². The predicted molar refractivity (Wildman–Crippen MR) is 91.9 cm³/mol. The molecule has 0 saturated heterocycles. The molecule has 0 spiro atoms. The third kappa shape index (κ3) is 4.45. The van der Waals surface area contributed by atoms with E-state index in [9.17, 15) is 0 Å². The minimum atomic E-state index is 0.0167. The Morgan fingerprint density at radius 2 is 1.71 bits per heavy atom. The van der Waals surface area contributed by atoms with Crippen molar-refractivity contribution in [2.45, 2.75) is 63.5 Å². The molecule has 1 aromatic carbocycles. The van der Waals surface area contributed by atoms with Crippen LogP contribution in [0.25, 0.3) is 0 Å². The van der Waals surface area contributed by atoms with Crippen molar-refractivity contribution < 1.29 is 0 Å². The summed E-state index contributed by atoms with van der Waals surface area (Å²) >= 11 is 5.98. The molecule has 1 aromatic rings. The zero-order valence-electron chi connectivity index (χ0n) is 13.4. The maximum Gasteiger partial charge on any atom is 0.0406 e. The number of rotatable bonds is 5. The molecule has 1 unspecified atom stereocenters. The summed E-state index contributed by atoms with van der Waals surface area (Å²) in [5.74, 6) is 0. The SMILES string of the molecule is CN(C1CCCCCC1)C(C)(CN)Cc1ccc(Cl)cc1. The number of nitrogens with zero attached hydrogens (tertiary/aromatic N) is 1. The predicted octanol–water partition coefficient (Wildman–Crippen LogP) is 4.25. The normalized spacial score (nSPS) is 20.2. The number of benzene rings is 1. The summed E-state index contributed by atoms with van der Waals surface area (Å²) < 4.78 is 0. The van der Waals surface area contributed by atoms with Crippen molar-refractivity contribution in [3.63, 3.8) is 0 Å². The van der Waals surface area contributed by atoms with Gasteiger partial charge in [0.15, 0.2) is 0 Å². The monoisotopic (exact) mass is 308 g/mol. The van der Waals surface area contributed by atoms with Crippen LogP contribution in [0.1, 0.15) is 51.0 Å². The first-order valence-corrected chi connectivity index (χ1v) is 8.60. The second-order valence-corrected chi connectivity index (χ2v) is 7.20. The van der Waals surface area contributed by atoms with Crippen molar-refractivity contribution in [1.29, 1.82) is 0 Å². The fraction of sp³-hybridized carbons (Fsp3) is 0.667. The molecule has 1 aliphatic carbocycles. The van der Waals surface area contributed by atoms with Crippen molar-refractivity contribution >= 4 is 11.6 Å². The molecular formula is C18H29ClN2. The largest absolute Gasteiger partial charge is 0.329 e. The maximum absolute atomic E-state index is 6.16. The van der Waals surface area contributed by atoms with Crippen LogP contribution in [-0.2, 0) is 6.42 Å². The van der Waals surface area contributed by atoms with Gasteiger partial charge in [-0.2, -0.15) is 0 Å². The molecule has 3 heteroatoms. The molecule has 0 aromatic heterocycles. The topological polar surface area (TPSA) is 29.3 Å². The van der Waals surface area contributed by atoms with Gasteiger partial charge < -0.3 is 5.73 Å². The lowest BCUT2D eigenvalue weighted by molar-refractivity contribution is 0.0827. The van der Waals surface area contributed by atoms with E-state index in [-0.39, 0.29) is 5.54 Å². The van der Waals surface area contributed by atoms with Gasteiger partial charge in [0.2, 0.25) is 0 Å². The van der Waals surface area contributed by atoms with Gasteiger partial charge in [-0.05, 0) is 50.9 Å². The van der Waals surface area contributed by atoms with E-state index in [1.54, 1.807) is 0 Å². The highest BCUT2D eigenvalue weighted by molar-refractivity contribution is 6.30. The van der Waals surface area contributed by atoms with Gasteiger partial charge in [0.1, 0.15) is 0 Å². The van der Waals surface area contributed by atoms with E-state index in [0.29, 0.717) is 12.6 Å².